The lowest BCUT2D eigenvalue weighted by Crippen LogP contribution is -2.53. The van der Waals surface area contributed by atoms with Gasteiger partial charge in [0.1, 0.15) is 5.75 Å². The van der Waals surface area contributed by atoms with Gasteiger partial charge in [-0.1, -0.05) is 19.1 Å². The Balaban J connectivity index is 1.84. The topological polar surface area (TPSA) is 27.7 Å². The molecule has 0 saturated carbocycles. The predicted molar refractivity (Wildman–Crippen MR) is 95.1 cm³/mol. The maximum atomic E-state index is 5.47. The van der Waals surface area contributed by atoms with Crippen molar-refractivity contribution in [2.45, 2.75) is 38.3 Å². The Morgan fingerprint density at radius 1 is 1.26 bits per heavy atom. The van der Waals surface area contributed by atoms with Gasteiger partial charge in [0.05, 0.1) is 7.11 Å². The average Bonchev–Trinajstić information content (AvgIpc) is 3.13. The minimum Gasteiger partial charge on any atom is -0.497 e. The van der Waals surface area contributed by atoms with E-state index in [1.54, 1.807) is 7.11 Å². The quantitative estimate of drug-likeness (QED) is 0.872. The molecule has 2 saturated heterocycles. The van der Waals surface area contributed by atoms with Crippen LogP contribution in [0.25, 0.3) is 0 Å². The molecule has 0 aromatic heterocycles. The number of nitrogens with zero attached hydrogens (tertiary/aromatic N) is 2. The van der Waals surface area contributed by atoms with Crippen LogP contribution in [0, 0.1) is 0 Å². The monoisotopic (exact) mass is 317 g/mol. The van der Waals surface area contributed by atoms with Crippen LogP contribution in [0.2, 0.25) is 0 Å². The normalized spacial score (nSPS) is 24.7. The Kier molecular flexibility index (Phi) is 5.92. The molecule has 0 aliphatic carbocycles. The van der Waals surface area contributed by atoms with Crippen molar-refractivity contribution in [2.24, 2.45) is 0 Å². The molecule has 2 unspecified atom stereocenters. The van der Waals surface area contributed by atoms with Crippen molar-refractivity contribution in [3.8, 4) is 5.75 Å². The zero-order valence-electron chi connectivity index (χ0n) is 14.6. The van der Waals surface area contributed by atoms with Crippen LogP contribution in [-0.2, 0) is 0 Å². The predicted octanol–water partition coefficient (Wildman–Crippen LogP) is 2.52. The molecule has 128 valence electrons. The van der Waals surface area contributed by atoms with Gasteiger partial charge in [0.25, 0.3) is 0 Å². The standard InChI is InChI=1S/C19H31N3O/c1-3-17-14-20-9-12-22(17)19(15-21-10-4-5-11-21)16-7-6-8-18(13-16)23-2/h6-8,13,17,19-20H,3-5,9-12,14-15H2,1-2H3. The van der Waals surface area contributed by atoms with Crippen molar-refractivity contribution in [1.82, 2.24) is 15.1 Å². The summed E-state index contributed by atoms with van der Waals surface area (Å²) in [5.74, 6) is 0.970. The van der Waals surface area contributed by atoms with Gasteiger partial charge in [0.15, 0.2) is 0 Å². The number of hydrogen-bond donors (Lipinski definition) is 1. The number of rotatable bonds is 6. The van der Waals surface area contributed by atoms with E-state index >= 15 is 0 Å². The summed E-state index contributed by atoms with van der Waals surface area (Å²) in [4.78, 5) is 5.36. The highest BCUT2D eigenvalue weighted by atomic mass is 16.5. The van der Waals surface area contributed by atoms with Gasteiger partial charge in [-0.25, -0.2) is 0 Å². The lowest BCUT2D eigenvalue weighted by atomic mass is 9.99. The Bertz CT molecular complexity index is 487. The Morgan fingerprint density at radius 2 is 2.09 bits per heavy atom. The molecule has 0 spiro atoms. The van der Waals surface area contributed by atoms with E-state index in [4.69, 9.17) is 4.74 Å². The molecular formula is C19H31N3O. The van der Waals surface area contributed by atoms with E-state index in [0.717, 1.165) is 31.9 Å². The Hall–Kier alpha value is -1.10. The second kappa shape index (κ2) is 8.13. The van der Waals surface area contributed by atoms with Gasteiger partial charge in [-0.05, 0) is 50.0 Å². The van der Waals surface area contributed by atoms with Crippen molar-refractivity contribution >= 4 is 0 Å². The van der Waals surface area contributed by atoms with Crippen molar-refractivity contribution in [3.63, 3.8) is 0 Å². The number of methoxy groups -OCH3 is 1. The molecule has 1 aromatic carbocycles. The smallest absolute Gasteiger partial charge is 0.119 e. The highest BCUT2D eigenvalue weighted by Crippen LogP contribution is 2.29. The van der Waals surface area contributed by atoms with E-state index in [0.29, 0.717) is 12.1 Å². The third-order valence-electron chi connectivity index (χ3n) is 5.38. The summed E-state index contributed by atoms with van der Waals surface area (Å²) in [5.41, 5.74) is 1.40. The fourth-order valence-corrected chi connectivity index (χ4v) is 4.03. The zero-order chi connectivity index (χ0) is 16.1. The first-order chi connectivity index (χ1) is 11.3. The third-order valence-corrected chi connectivity index (χ3v) is 5.38. The lowest BCUT2D eigenvalue weighted by Gasteiger charge is -2.43. The number of benzene rings is 1. The number of ether oxygens (including phenoxy) is 1. The molecule has 2 fully saturated rings. The largest absolute Gasteiger partial charge is 0.497 e. The highest BCUT2D eigenvalue weighted by molar-refractivity contribution is 5.31. The van der Waals surface area contributed by atoms with Gasteiger partial charge in [-0.3, -0.25) is 4.90 Å². The molecule has 1 aromatic rings. The minimum atomic E-state index is 0.468. The van der Waals surface area contributed by atoms with Gasteiger partial charge >= 0.3 is 0 Å². The molecule has 0 radical (unpaired) electrons. The lowest BCUT2D eigenvalue weighted by molar-refractivity contribution is 0.0797. The summed E-state index contributed by atoms with van der Waals surface area (Å²) >= 11 is 0. The van der Waals surface area contributed by atoms with Crippen LogP contribution in [0.3, 0.4) is 0 Å². The second-order valence-electron chi connectivity index (χ2n) is 6.80. The first-order valence-electron chi connectivity index (χ1n) is 9.14. The van der Waals surface area contributed by atoms with Crippen LogP contribution in [-0.4, -0.2) is 62.2 Å². The van der Waals surface area contributed by atoms with Crippen LogP contribution in [0.1, 0.15) is 37.8 Å². The molecule has 1 N–H and O–H groups in total. The molecule has 0 bridgehead atoms. The molecule has 0 amide bonds. The van der Waals surface area contributed by atoms with Crippen LogP contribution < -0.4 is 10.1 Å². The van der Waals surface area contributed by atoms with E-state index in [2.05, 4.69) is 40.2 Å². The summed E-state index contributed by atoms with van der Waals surface area (Å²) in [6.45, 7) is 9.29. The van der Waals surface area contributed by atoms with E-state index in [1.165, 1.54) is 37.9 Å². The zero-order valence-corrected chi connectivity index (χ0v) is 14.6. The second-order valence-corrected chi connectivity index (χ2v) is 6.80. The van der Waals surface area contributed by atoms with Crippen molar-refractivity contribution in [3.05, 3.63) is 29.8 Å². The van der Waals surface area contributed by atoms with Crippen molar-refractivity contribution in [2.75, 3.05) is 46.4 Å². The van der Waals surface area contributed by atoms with Crippen molar-refractivity contribution in [1.29, 1.82) is 0 Å². The average molecular weight is 317 g/mol. The molecule has 4 nitrogen and oxygen atoms in total. The number of nitrogens with one attached hydrogen (secondary N) is 1. The summed E-state index contributed by atoms with van der Waals surface area (Å²) in [6.07, 6.45) is 3.90. The molecule has 2 atom stereocenters. The first kappa shape index (κ1) is 16.7. The molecule has 2 heterocycles. The first-order valence-corrected chi connectivity index (χ1v) is 9.14. The van der Waals surface area contributed by atoms with Gasteiger partial charge in [-0.15, -0.1) is 0 Å². The Morgan fingerprint density at radius 3 is 2.83 bits per heavy atom. The van der Waals surface area contributed by atoms with Gasteiger partial charge in [0.2, 0.25) is 0 Å². The Labute approximate surface area is 140 Å². The van der Waals surface area contributed by atoms with Crippen molar-refractivity contribution < 1.29 is 4.74 Å². The van der Waals surface area contributed by atoms with Gasteiger partial charge in [-0.2, -0.15) is 0 Å². The molecule has 2 aliphatic heterocycles. The third kappa shape index (κ3) is 4.06. The number of piperazine rings is 1. The van der Waals surface area contributed by atoms with E-state index in [-0.39, 0.29) is 0 Å². The minimum absolute atomic E-state index is 0.468. The fourth-order valence-electron chi connectivity index (χ4n) is 4.03. The maximum Gasteiger partial charge on any atom is 0.119 e. The van der Waals surface area contributed by atoms with E-state index in [1.807, 2.05) is 6.07 Å². The number of hydrogen-bond acceptors (Lipinski definition) is 4. The van der Waals surface area contributed by atoms with Crippen LogP contribution >= 0.6 is 0 Å². The maximum absolute atomic E-state index is 5.47. The fraction of sp³-hybridized carbons (Fsp3) is 0.684. The summed E-state index contributed by atoms with van der Waals surface area (Å²) in [5, 5.41) is 3.56. The SMILES string of the molecule is CCC1CNCCN1C(CN1CCCC1)c1cccc(OC)c1. The molecule has 23 heavy (non-hydrogen) atoms. The highest BCUT2D eigenvalue weighted by Gasteiger charge is 2.30. The summed E-state index contributed by atoms with van der Waals surface area (Å²) < 4.78 is 5.47. The number of likely N-dealkylation sites (tertiary alicyclic amines) is 1. The van der Waals surface area contributed by atoms with E-state index in [9.17, 15) is 0 Å². The van der Waals surface area contributed by atoms with Crippen LogP contribution in [0.4, 0.5) is 0 Å². The molecular weight excluding hydrogens is 286 g/mol. The summed E-state index contributed by atoms with van der Waals surface area (Å²) in [6, 6.07) is 9.78. The van der Waals surface area contributed by atoms with Gasteiger partial charge in [0, 0.05) is 38.3 Å². The van der Waals surface area contributed by atoms with Crippen LogP contribution in [0.15, 0.2) is 24.3 Å². The molecule has 3 rings (SSSR count). The van der Waals surface area contributed by atoms with E-state index < -0.39 is 0 Å². The molecule has 2 aliphatic rings. The van der Waals surface area contributed by atoms with Crippen LogP contribution in [0.5, 0.6) is 5.75 Å². The van der Waals surface area contributed by atoms with Gasteiger partial charge < -0.3 is 15.0 Å². The summed E-state index contributed by atoms with van der Waals surface area (Å²) in [7, 11) is 1.76. The molecule has 4 heteroatoms.